The van der Waals surface area contributed by atoms with Gasteiger partial charge in [-0.25, -0.2) is 8.42 Å². The Balaban J connectivity index is 2.21. The maximum Gasteiger partial charge on any atom is 0.242 e. The van der Waals surface area contributed by atoms with Gasteiger partial charge in [0.1, 0.15) is 6.04 Å². The SMILES string of the molecule is CC[C@H](C)NC(=O)[C@H](C)N(Cc1cccc(Cl)c1)C(=O)CCCN(c1cccc(C)c1C)S(C)(=O)=O. The molecule has 0 aliphatic heterocycles. The zero-order valence-corrected chi connectivity index (χ0v) is 23.6. The molecule has 0 saturated carbocycles. The summed E-state index contributed by atoms with van der Waals surface area (Å²) in [5.41, 5.74) is 3.30. The van der Waals surface area contributed by atoms with Crippen molar-refractivity contribution in [2.24, 2.45) is 0 Å². The highest BCUT2D eigenvalue weighted by Gasteiger charge is 2.27. The van der Waals surface area contributed by atoms with Crippen LogP contribution >= 0.6 is 11.6 Å². The van der Waals surface area contributed by atoms with Crippen LogP contribution in [0.15, 0.2) is 42.5 Å². The van der Waals surface area contributed by atoms with Gasteiger partial charge in [0.05, 0.1) is 11.9 Å². The standard InChI is InChI=1S/C27H38ClN3O4S/c1-7-20(3)29-27(33)22(5)30(18-23-12-9-13-24(28)17-23)26(32)15-10-16-31(36(6,34)35)25-14-8-11-19(2)21(25)4/h8-9,11-14,17,20,22H,7,10,15-16,18H2,1-6H3,(H,29,33)/t20-,22-/m0/s1. The molecule has 2 aromatic carbocycles. The largest absolute Gasteiger partial charge is 0.352 e. The Morgan fingerprint density at radius 2 is 1.75 bits per heavy atom. The summed E-state index contributed by atoms with van der Waals surface area (Å²) in [7, 11) is -3.55. The number of sulfonamides is 1. The molecule has 198 valence electrons. The normalized spacial score (nSPS) is 13.1. The molecule has 2 atom stereocenters. The van der Waals surface area contributed by atoms with Crippen LogP contribution in [-0.4, -0.2) is 50.0 Å². The second kappa shape index (κ2) is 13.1. The van der Waals surface area contributed by atoms with Crippen LogP contribution in [0.25, 0.3) is 0 Å². The van der Waals surface area contributed by atoms with Gasteiger partial charge in [-0.2, -0.15) is 0 Å². The Morgan fingerprint density at radius 3 is 2.36 bits per heavy atom. The minimum atomic E-state index is -3.55. The molecule has 0 aromatic heterocycles. The fourth-order valence-electron chi connectivity index (χ4n) is 3.87. The number of hydrogen-bond donors (Lipinski definition) is 1. The molecule has 0 bridgehead atoms. The van der Waals surface area contributed by atoms with Gasteiger partial charge in [-0.15, -0.1) is 0 Å². The number of aryl methyl sites for hydroxylation is 1. The van der Waals surface area contributed by atoms with Crippen LogP contribution in [-0.2, 0) is 26.2 Å². The number of carbonyl (C=O) groups excluding carboxylic acids is 2. The predicted molar refractivity (Wildman–Crippen MR) is 147 cm³/mol. The first kappa shape index (κ1) is 29.6. The zero-order chi connectivity index (χ0) is 27.0. The van der Waals surface area contributed by atoms with Crippen molar-refractivity contribution in [2.75, 3.05) is 17.1 Å². The number of nitrogens with zero attached hydrogens (tertiary/aromatic N) is 2. The molecule has 7 nitrogen and oxygen atoms in total. The minimum absolute atomic E-state index is 0.0102. The third-order valence-corrected chi connectivity index (χ3v) is 7.82. The van der Waals surface area contributed by atoms with Crippen LogP contribution in [0.4, 0.5) is 5.69 Å². The van der Waals surface area contributed by atoms with Gasteiger partial charge in [0.2, 0.25) is 21.8 Å². The molecule has 0 radical (unpaired) electrons. The van der Waals surface area contributed by atoms with Crippen LogP contribution < -0.4 is 9.62 Å². The summed E-state index contributed by atoms with van der Waals surface area (Å²) in [6.45, 7) is 9.81. The van der Waals surface area contributed by atoms with E-state index in [4.69, 9.17) is 11.6 Å². The molecule has 0 unspecified atom stereocenters. The summed E-state index contributed by atoms with van der Waals surface area (Å²) >= 11 is 6.14. The summed E-state index contributed by atoms with van der Waals surface area (Å²) in [4.78, 5) is 27.8. The first-order chi connectivity index (χ1) is 16.8. The maximum absolute atomic E-state index is 13.4. The number of carbonyl (C=O) groups is 2. The summed E-state index contributed by atoms with van der Waals surface area (Å²) in [5, 5.41) is 3.49. The van der Waals surface area contributed by atoms with E-state index < -0.39 is 16.1 Å². The monoisotopic (exact) mass is 535 g/mol. The van der Waals surface area contributed by atoms with Crippen molar-refractivity contribution in [3.05, 3.63) is 64.2 Å². The van der Waals surface area contributed by atoms with E-state index in [1.165, 1.54) is 15.5 Å². The lowest BCUT2D eigenvalue weighted by Gasteiger charge is -2.30. The molecule has 0 fully saturated rings. The topological polar surface area (TPSA) is 86.8 Å². The number of halogens is 1. The Bertz CT molecular complexity index is 1170. The number of amides is 2. The summed E-state index contributed by atoms with van der Waals surface area (Å²) in [5.74, 6) is -0.455. The molecule has 36 heavy (non-hydrogen) atoms. The highest BCUT2D eigenvalue weighted by molar-refractivity contribution is 7.92. The minimum Gasteiger partial charge on any atom is -0.352 e. The van der Waals surface area contributed by atoms with Gasteiger partial charge in [0, 0.05) is 30.6 Å². The molecule has 2 rings (SSSR count). The van der Waals surface area contributed by atoms with Gasteiger partial charge in [-0.1, -0.05) is 42.8 Å². The number of benzene rings is 2. The van der Waals surface area contributed by atoms with Gasteiger partial charge >= 0.3 is 0 Å². The van der Waals surface area contributed by atoms with Crippen molar-refractivity contribution < 1.29 is 18.0 Å². The quantitative estimate of drug-likeness (QED) is 0.421. The molecule has 0 spiro atoms. The second-order valence-corrected chi connectivity index (χ2v) is 11.6. The van der Waals surface area contributed by atoms with Crippen LogP contribution in [0.5, 0.6) is 0 Å². The van der Waals surface area contributed by atoms with Crippen molar-refractivity contribution in [3.8, 4) is 0 Å². The van der Waals surface area contributed by atoms with E-state index in [0.29, 0.717) is 17.1 Å². The van der Waals surface area contributed by atoms with E-state index in [9.17, 15) is 18.0 Å². The van der Waals surface area contributed by atoms with E-state index >= 15 is 0 Å². The molecule has 1 N–H and O–H groups in total. The van der Waals surface area contributed by atoms with Crippen LogP contribution in [0, 0.1) is 13.8 Å². The lowest BCUT2D eigenvalue weighted by Crippen LogP contribution is -2.49. The van der Waals surface area contributed by atoms with Crippen LogP contribution in [0.3, 0.4) is 0 Å². The molecule has 0 aliphatic carbocycles. The van der Waals surface area contributed by atoms with Crippen LogP contribution in [0.1, 0.15) is 56.7 Å². The molecule has 0 saturated heterocycles. The van der Waals surface area contributed by atoms with Gasteiger partial charge in [-0.05, 0) is 75.4 Å². The molecule has 2 aromatic rings. The summed E-state index contributed by atoms with van der Waals surface area (Å²) < 4.78 is 26.5. The van der Waals surface area contributed by atoms with Crippen molar-refractivity contribution >= 4 is 39.1 Å². The Hall–Kier alpha value is -2.58. The van der Waals surface area contributed by atoms with Gasteiger partial charge < -0.3 is 10.2 Å². The zero-order valence-electron chi connectivity index (χ0n) is 22.0. The third-order valence-electron chi connectivity index (χ3n) is 6.41. The number of rotatable bonds is 12. The molecule has 2 amide bonds. The highest BCUT2D eigenvalue weighted by Crippen LogP contribution is 2.25. The van der Waals surface area contributed by atoms with Crippen molar-refractivity contribution in [3.63, 3.8) is 0 Å². The van der Waals surface area contributed by atoms with E-state index in [0.717, 1.165) is 23.1 Å². The maximum atomic E-state index is 13.4. The number of anilines is 1. The van der Waals surface area contributed by atoms with Gasteiger partial charge in [0.25, 0.3) is 0 Å². The van der Waals surface area contributed by atoms with Crippen molar-refractivity contribution in [2.45, 2.75) is 72.5 Å². The lowest BCUT2D eigenvalue weighted by atomic mass is 10.1. The molecule has 0 heterocycles. The lowest BCUT2D eigenvalue weighted by molar-refractivity contribution is -0.140. The van der Waals surface area contributed by atoms with E-state index in [1.807, 2.05) is 45.9 Å². The smallest absolute Gasteiger partial charge is 0.242 e. The Morgan fingerprint density at radius 1 is 1.08 bits per heavy atom. The molecule has 0 aliphatic rings. The van der Waals surface area contributed by atoms with E-state index in [1.54, 1.807) is 31.2 Å². The highest BCUT2D eigenvalue weighted by atomic mass is 35.5. The fraction of sp³-hybridized carbons (Fsp3) is 0.481. The first-order valence-corrected chi connectivity index (χ1v) is 14.5. The molecule has 9 heteroatoms. The van der Waals surface area contributed by atoms with Gasteiger partial charge in [0.15, 0.2) is 0 Å². The third kappa shape index (κ3) is 8.23. The molecular weight excluding hydrogens is 498 g/mol. The number of nitrogens with one attached hydrogen (secondary N) is 1. The van der Waals surface area contributed by atoms with Gasteiger partial charge in [-0.3, -0.25) is 13.9 Å². The first-order valence-electron chi connectivity index (χ1n) is 12.2. The second-order valence-electron chi connectivity index (χ2n) is 9.30. The van der Waals surface area contributed by atoms with E-state index in [2.05, 4.69) is 5.32 Å². The van der Waals surface area contributed by atoms with E-state index in [-0.39, 0.29) is 37.4 Å². The van der Waals surface area contributed by atoms with Crippen molar-refractivity contribution in [1.82, 2.24) is 10.2 Å². The Labute approximate surface area is 220 Å². The van der Waals surface area contributed by atoms with Crippen molar-refractivity contribution in [1.29, 1.82) is 0 Å². The molecular formula is C27H38ClN3O4S. The predicted octanol–water partition coefficient (Wildman–Crippen LogP) is 4.84. The fourth-order valence-corrected chi connectivity index (χ4v) is 5.10. The van der Waals surface area contributed by atoms with Crippen LogP contribution in [0.2, 0.25) is 5.02 Å². The average Bonchev–Trinajstić information content (AvgIpc) is 2.81. The number of hydrogen-bond acceptors (Lipinski definition) is 4. The summed E-state index contributed by atoms with van der Waals surface area (Å²) in [6.07, 6.45) is 2.35. The summed E-state index contributed by atoms with van der Waals surface area (Å²) in [6, 6.07) is 12.0. The Kier molecular flexibility index (Phi) is 10.8. The average molecular weight is 536 g/mol.